The maximum absolute atomic E-state index is 13.7. The molecule has 0 saturated carbocycles. The molecule has 0 amide bonds. The van der Waals surface area contributed by atoms with Gasteiger partial charge in [-0.3, -0.25) is 4.79 Å². The van der Waals surface area contributed by atoms with Gasteiger partial charge in [-0.05, 0) is 18.1 Å². The Hall–Kier alpha value is -1.53. The SMILES string of the molecule is NC(CC1(c2ccc(F)cc2F)COC1)C(=O)O. The molecule has 1 aromatic carbocycles. The van der Waals surface area contributed by atoms with Gasteiger partial charge in [0.05, 0.1) is 13.2 Å². The first-order valence-corrected chi connectivity index (χ1v) is 5.46. The maximum Gasteiger partial charge on any atom is 0.320 e. The molecule has 0 spiro atoms. The van der Waals surface area contributed by atoms with Crippen molar-refractivity contribution in [3.05, 3.63) is 35.4 Å². The summed E-state index contributed by atoms with van der Waals surface area (Å²) >= 11 is 0. The maximum atomic E-state index is 13.7. The summed E-state index contributed by atoms with van der Waals surface area (Å²) in [7, 11) is 0. The van der Waals surface area contributed by atoms with Crippen LogP contribution in [0.2, 0.25) is 0 Å². The van der Waals surface area contributed by atoms with Gasteiger partial charge in [-0.1, -0.05) is 6.07 Å². The Morgan fingerprint density at radius 3 is 2.61 bits per heavy atom. The van der Waals surface area contributed by atoms with Crippen molar-refractivity contribution < 1.29 is 23.4 Å². The van der Waals surface area contributed by atoms with Crippen LogP contribution in [0.15, 0.2) is 18.2 Å². The van der Waals surface area contributed by atoms with Crippen molar-refractivity contribution in [1.82, 2.24) is 0 Å². The van der Waals surface area contributed by atoms with Crippen molar-refractivity contribution in [3.63, 3.8) is 0 Å². The second kappa shape index (κ2) is 4.62. The molecule has 2 rings (SSSR count). The molecule has 0 radical (unpaired) electrons. The van der Waals surface area contributed by atoms with Crippen molar-refractivity contribution in [1.29, 1.82) is 0 Å². The number of carbonyl (C=O) groups is 1. The molecule has 0 bridgehead atoms. The summed E-state index contributed by atoms with van der Waals surface area (Å²) in [4.78, 5) is 10.8. The highest BCUT2D eigenvalue weighted by Gasteiger charge is 2.44. The summed E-state index contributed by atoms with van der Waals surface area (Å²) in [6, 6.07) is 2.15. The van der Waals surface area contributed by atoms with Crippen LogP contribution in [0.25, 0.3) is 0 Å². The fourth-order valence-corrected chi connectivity index (χ4v) is 2.16. The number of carboxylic acids is 1. The molecule has 3 N–H and O–H groups in total. The molecule has 0 aromatic heterocycles. The molecule has 1 saturated heterocycles. The van der Waals surface area contributed by atoms with Crippen LogP contribution >= 0.6 is 0 Å². The lowest BCUT2D eigenvalue weighted by atomic mass is 9.73. The molecular formula is C12H13F2NO3. The highest BCUT2D eigenvalue weighted by atomic mass is 19.1. The van der Waals surface area contributed by atoms with Gasteiger partial charge in [-0.2, -0.15) is 0 Å². The number of ether oxygens (including phenoxy) is 1. The van der Waals surface area contributed by atoms with E-state index in [0.29, 0.717) is 0 Å². The highest BCUT2D eigenvalue weighted by Crippen LogP contribution is 2.38. The van der Waals surface area contributed by atoms with E-state index < -0.39 is 29.1 Å². The number of aliphatic carboxylic acids is 1. The Morgan fingerprint density at radius 2 is 2.17 bits per heavy atom. The predicted octanol–water partition coefficient (Wildman–Crippen LogP) is 1.03. The third kappa shape index (κ3) is 2.21. The van der Waals surface area contributed by atoms with E-state index >= 15 is 0 Å². The lowest BCUT2D eigenvalue weighted by Gasteiger charge is -2.43. The Kier molecular flexibility index (Phi) is 3.32. The van der Waals surface area contributed by atoms with Gasteiger partial charge < -0.3 is 15.6 Å². The minimum Gasteiger partial charge on any atom is -0.480 e. The Balaban J connectivity index is 2.29. The fourth-order valence-electron chi connectivity index (χ4n) is 2.16. The average Bonchev–Trinajstić information content (AvgIpc) is 2.24. The predicted molar refractivity (Wildman–Crippen MR) is 59.1 cm³/mol. The number of hydrogen-bond acceptors (Lipinski definition) is 3. The summed E-state index contributed by atoms with van der Waals surface area (Å²) < 4.78 is 31.6. The largest absolute Gasteiger partial charge is 0.480 e. The minimum absolute atomic E-state index is 0.0604. The second-order valence-corrected chi connectivity index (χ2v) is 4.55. The van der Waals surface area contributed by atoms with E-state index in [9.17, 15) is 13.6 Å². The lowest BCUT2D eigenvalue weighted by Crippen LogP contribution is -2.52. The van der Waals surface area contributed by atoms with Crippen molar-refractivity contribution in [2.75, 3.05) is 13.2 Å². The first kappa shape index (κ1) is 12.9. The van der Waals surface area contributed by atoms with Crippen LogP contribution in [-0.2, 0) is 14.9 Å². The molecule has 4 nitrogen and oxygen atoms in total. The van der Waals surface area contributed by atoms with E-state index in [-0.39, 0.29) is 25.2 Å². The van der Waals surface area contributed by atoms with Gasteiger partial charge >= 0.3 is 5.97 Å². The van der Waals surface area contributed by atoms with E-state index in [2.05, 4.69) is 0 Å². The van der Waals surface area contributed by atoms with Gasteiger partial charge in [-0.25, -0.2) is 8.78 Å². The monoisotopic (exact) mass is 257 g/mol. The van der Waals surface area contributed by atoms with Crippen LogP contribution in [0.4, 0.5) is 8.78 Å². The molecular weight excluding hydrogens is 244 g/mol. The molecule has 18 heavy (non-hydrogen) atoms. The third-order valence-electron chi connectivity index (χ3n) is 3.19. The van der Waals surface area contributed by atoms with Gasteiger partial charge in [0, 0.05) is 11.5 Å². The summed E-state index contributed by atoms with van der Waals surface area (Å²) in [6.45, 7) is 0.382. The smallest absolute Gasteiger partial charge is 0.320 e. The molecule has 1 atom stereocenters. The molecule has 1 aliphatic rings. The number of benzene rings is 1. The summed E-state index contributed by atoms with van der Waals surface area (Å²) in [6.07, 6.45) is 0.0604. The van der Waals surface area contributed by atoms with Crippen LogP contribution in [0.1, 0.15) is 12.0 Å². The van der Waals surface area contributed by atoms with Crippen LogP contribution < -0.4 is 5.73 Å². The van der Waals surface area contributed by atoms with Crippen LogP contribution in [0.5, 0.6) is 0 Å². The average molecular weight is 257 g/mol. The second-order valence-electron chi connectivity index (χ2n) is 4.55. The Bertz CT molecular complexity index is 474. The highest BCUT2D eigenvalue weighted by molar-refractivity contribution is 5.73. The van der Waals surface area contributed by atoms with Crippen molar-refractivity contribution in [2.45, 2.75) is 17.9 Å². The number of halogens is 2. The summed E-state index contributed by atoms with van der Waals surface area (Å²) in [5.74, 6) is -2.52. The van der Waals surface area contributed by atoms with E-state index in [1.165, 1.54) is 6.07 Å². The van der Waals surface area contributed by atoms with E-state index in [0.717, 1.165) is 12.1 Å². The molecule has 1 aliphatic heterocycles. The number of nitrogens with two attached hydrogens (primary N) is 1. The van der Waals surface area contributed by atoms with Gasteiger partial charge in [0.2, 0.25) is 0 Å². The zero-order valence-corrected chi connectivity index (χ0v) is 9.53. The zero-order chi connectivity index (χ0) is 13.3. The molecule has 1 unspecified atom stereocenters. The van der Waals surface area contributed by atoms with Crippen molar-refractivity contribution in [2.24, 2.45) is 5.73 Å². The van der Waals surface area contributed by atoms with E-state index in [1.54, 1.807) is 0 Å². The number of rotatable bonds is 4. The summed E-state index contributed by atoms with van der Waals surface area (Å²) in [5, 5.41) is 8.81. The van der Waals surface area contributed by atoms with E-state index in [1.807, 2.05) is 0 Å². The van der Waals surface area contributed by atoms with Gasteiger partial charge in [0.1, 0.15) is 17.7 Å². The van der Waals surface area contributed by atoms with Gasteiger partial charge in [-0.15, -0.1) is 0 Å². The molecule has 98 valence electrons. The van der Waals surface area contributed by atoms with Gasteiger partial charge in [0.15, 0.2) is 0 Å². The minimum atomic E-state index is -1.15. The third-order valence-corrected chi connectivity index (χ3v) is 3.19. The number of carboxylic acid groups (broad SMARTS) is 1. The molecule has 1 aromatic rings. The molecule has 0 aliphatic carbocycles. The van der Waals surface area contributed by atoms with E-state index in [4.69, 9.17) is 15.6 Å². The molecule has 1 heterocycles. The standard InChI is InChI=1S/C12H13F2NO3/c13-7-1-2-8(9(14)3-7)12(5-18-6-12)4-10(15)11(16)17/h1-3,10H,4-6,15H2,(H,16,17). The van der Waals surface area contributed by atoms with Gasteiger partial charge in [0.25, 0.3) is 0 Å². The quantitative estimate of drug-likeness (QED) is 0.845. The van der Waals surface area contributed by atoms with Crippen LogP contribution in [-0.4, -0.2) is 30.3 Å². The lowest BCUT2D eigenvalue weighted by molar-refractivity contribution is -0.141. The van der Waals surface area contributed by atoms with Crippen LogP contribution in [0, 0.1) is 11.6 Å². The zero-order valence-electron chi connectivity index (χ0n) is 9.53. The summed E-state index contributed by atoms with van der Waals surface area (Å²) in [5.41, 5.74) is 4.97. The topological polar surface area (TPSA) is 72.5 Å². The Labute approximate surface area is 102 Å². The number of hydrogen-bond donors (Lipinski definition) is 2. The first-order chi connectivity index (χ1) is 8.44. The first-order valence-electron chi connectivity index (χ1n) is 5.46. The van der Waals surface area contributed by atoms with Crippen LogP contribution in [0.3, 0.4) is 0 Å². The fraction of sp³-hybridized carbons (Fsp3) is 0.417. The molecule has 6 heteroatoms. The normalized spacial score (nSPS) is 19.1. The Morgan fingerprint density at radius 1 is 1.50 bits per heavy atom. The van der Waals surface area contributed by atoms with Crippen molar-refractivity contribution in [3.8, 4) is 0 Å². The van der Waals surface area contributed by atoms with Crippen molar-refractivity contribution >= 4 is 5.97 Å². The molecule has 1 fully saturated rings.